The maximum absolute atomic E-state index is 11.0. The zero-order valence-electron chi connectivity index (χ0n) is 13.2. The number of carbonyl (C=O) groups excluding carboxylic acids is 1. The summed E-state index contributed by atoms with van der Waals surface area (Å²) in [6, 6.07) is 2.10. The Morgan fingerprint density at radius 3 is 2.74 bits per heavy atom. The van der Waals surface area contributed by atoms with Gasteiger partial charge in [-0.1, -0.05) is 0 Å². The number of hydrogen-bond acceptors (Lipinski definition) is 5. The van der Waals surface area contributed by atoms with Gasteiger partial charge in [-0.3, -0.25) is 4.79 Å². The van der Waals surface area contributed by atoms with Gasteiger partial charge >= 0.3 is 5.97 Å². The van der Waals surface area contributed by atoms with E-state index >= 15 is 0 Å². The van der Waals surface area contributed by atoms with Crippen LogP contribution in [0.2, 0.25) is 0 Å². The molecule has 122 valence electrons. The van der Waals surface area contributed by atoms with Crippen molar-refractivity contribution in [1.82, 2.24) is 4.98 Å². The quantitative estimate of drug-likeness (QED) is 0.778. The zero-order valence-corrected chi connectivity index (χ0v) is 14.8. The summed E-state index contributed by atoms with van der Waals surface area (Å²) in [7, 11) is 0. The van der Waals surface area contributed by atoms with Gasteiger partial charge in [-0.15, -0.1) is 22.7 Å². The Bertz CT molecular complexity index is 759. The Balaban J connectivity index is 2.03. The molecular weight excluding hydrogens is 332 g/mol. The minimum Gasteiger partial charge on any atom is -0.478 e. The number of aromatic nitrogens is 1. The van der Waals surface area contributed by atoms with Gasteiger partial charge in [0.2, 0.25) is 5.91 Å². The molecule has 2 aromatic rings. The van der Waals surface area contributed by atoms with Gasteiger partial charge in [0.05, 0.1) is 5.69 Å². The number of aryl methyl sites for hydroxylation is 3. The summed E-state index contributed by atoms with van der Waals surface area (Å²) in [4.78, 5) is 28.4. The molecule has 2 N–H and O–H groups in total. The van der Waals surface area contributed by atoms with Crippen molar-refractivity contribution in [1.29, 1.82) is 0 Å². The van der Waals surface area contributed by atoms with E-state index in [-0.39, 0.29) is 5.91 Å². The van der Waals surface area contributed by atoms with Crippen LogP contribution in [0.1, 0.15) is 34.9 Å². The highest BCUT2D eigenvalue weighted by atomic mass is 32.1. The van der Waals surface area contributed by atoms with E-state index in [0.29, 0.717) is 5.13 Å². The SMILES string of the molecule is CC(=O)Nc1nc(CCc2cc(C)c(/C(C)=C/C(=O)O)s2)cs1. The lowest BCUT2D eigenvalue weighted by Gasteiger charge is -1.97. The number of nitrogens with one attached hydrogen (secondary N) is 1. The van der Waals surface area contributed by atoms with Crippen LogP contribution in [0.15, 0.2) is 17.5 Å². The first kappa shape index (κ1) is 17.4. The number of aliphatic carboxylic acids is 1. The Hall–Kier alpha value is -1.99. The highest BCUT2D eigenvalue weighted by Crippen LogP contribution is 2.29. The van der Waals surface area contributed by atoms with E-state index in [4.69, 9.17) is 5.11 Å². The first-order valence-electron chi connectivity index (χ1n) is 7.08. The predicted octanol–water partition coefficient (Wildman–Crippen LogP) is 3.74. The minimum atomic E-state index is -0.926. The molecule has 0 aliphatic rings. The number of thiazole rings is 1. The van der Waals surface area contributed by atoms with Crippen molar-refractivity contribution in [3.05, 3.63) is 38.5 Å². The average molecular weight is 350 g/mol. The van der Waals surface area contributed by atoms with E-state index in [1.807, 2.05) is 19.2 Å². The Morgan fingerprint density at radius 1 is 1.35 bits per heavy atom. The fraction of sp³-hybridized carbons (Fsp3) is 0.312. The van der Waals surface area contributed by atoms with Gasteiger partial charge in [0.1, 0.15) is 0 Å². The van der Waals surface area contributed by atoms with Crippen molar-refractivity contribution < 1.29 is 14.7 Å². The molecule has 0 aliphatic heterocycles. The monoisotopic (exact) mass is 350 g/mol. The molecule has 0 fully saturated rings. The van der Waals surface area contributed by atoms with Gasteiger partial charge in [0.15, 0.2) is 5.13 Å². The maximum Gasteiger partial charge on any atom is 0.328 e. The largest absolute Gasteiger partial charge is 0.478 e. The number of thiophene rings is 1. The molecule has 0 bridgehead atoms. The summed E-state index contributed by atoms with van der Waals surface area (Å²) in [5.74, 6) is -1.05. The van der Waals surface area contributed by atoms with Gasteiger partial charge in [0.25, 0.3) is 0 Å². The summed E-state index contributed by atoms with van der Waals surface area (Å²) in [5.41, 5.74) is 2.81. The molecule has 2 rings (SSSR count). The number of rotatable bonds is 6. The maximum atomic E-state index is 11.0. The molecule has 0 radical (unpaired) electrons. The lowest BCUT2D eigenvalue weighted by atomic mass is 10.1. The highest BCUT2D eigenvalue weighted by Gasteiger charge is 2.10. The van der Waals surface area contributed by atoms with Crippen molar-refractivity contribution in [2.24, 2.45) is 0 Å². The number of carboxylic acids is 1. The second-order valence-corrected chi connectivity index (χ2v) is 7.21. The van der Waals surface area contributed by atoms with E-state index in [1.54, 1.807) is 11.3 Å². The molecular formula is C16H18N2O3S2. The predicted molar refractivity (Wildman–Crippen MR) is 94.2 cm³/mol. The molecule has 0 aromatic carbocycles. The van der Waals surface area contributed by atoms with E-state index < -0.39 is 5.97 Å². The molecule has 0 spiro atoms. The topological polar surface area (TPSA) is 79.3 Å². The third-order valence-corrected chi connectivity index (χ3v) is 5.37. The molecule has 23 heavy (non-hydrogen) atoms. The molecule has 5 nitrogen and oxygen atoms in total. The average Bonchev–Trinajstić information content (AvgIpc) is 3.01. The third-order valence-electron chi connectivity index (χ3n) is 3.13. The lowest BCUT2D eigenvalue weighted by Crippen LogP contribution is -2.05. The van der Waals surface area contributed by atoms with Crippen molar-refractivity contribution >= 4 is 45.3 Å². The summed E-state index contributed by atoms with van der Waals surface area (Å²) < 4.78 is 0. The molecule has 0 saturated carbocycles. The second kappa shape index (κ2) is 7.52. The minimum absolute atomic E-state index is 0.120. The van der Waals surface area contributed by atoms with Gasteiger partial charge in [-0.05, 0) is 43.9 Å². The molecule has 0 saturated heterocycles. The summed E-state index contributed by atoms with van der Waals surface area (Å²) in [6.07, 6.45) is 2.87. The summed E-state index contributed by atoms with van der Waals surface area (Å²) in [5, 5.41) is 14.1. The molecule has 0 aliphatic carbocycles. The van der Waals surface area contributed by atoms with Crippen LogP contribution < -0.4 is 5.32 Å². The zero-order chi connectivity index (χ0) is 17.0. The van der Waals surface area contributed by atoms with Gasteiger partial charge in [-0.25, -0.2) is 9.78 Å². The highest BCUT2D eigenvalue weighted by molar-refractivity contribution is 7.14. The van der Waals surface area contributed by atoms with Crippen molar-refractivity contribution in [2.75, 3.05) is 5.32 Å². The Kier molecular flexibility index (Phi) is 5.68. The van der Waals surface area contributed by atoms with Crippen molar-refractivity contribution in [3.8, 4) is 0 Å². The third kappa shape index (κ3) is 5.01. The Morgan fingerprint density at radius 2 is 2.09 bits per heavy atom. The molecule has 1 amide bonds. The van der Waals surface area contributed by atoms with Crippen LogP contribution in [-0.2, 0) is 22.4 Å². The van der Waals surface area contributed by atoms with E-state index in [2.05, 4.69) is 16.4 Å². The van der Waals surface area contributed by atoms with Crippen molar-refractivity contribution in [2.45, 2.75) is 33.6 Å². The lowest BCUT2D eigenvalue weighted by molar-refractivity contribution is -0.131. The number of hydrogen-bond donors (Lipinski definition) is 2. The van der Waals surface area contributed by atoms with Gasteiger partial charge < -0.3 is 10.4 Å². The fourth-order valence-corrected chi connectivity index (χ4v) is 4.13. The van der Waals surface area contributed by atoms with Crippen LogP contribution in [0.4, 0.5) is 5.13 Å². The molecule has 7 heteroatoms. The number of allylic oxidation sites excluding steroid dienone is 1. The molecule has 0 atom stereocenters. The number of carbonyl (C=O) groups is 2. The Labute approximate surface area is 142 Å². The number of carboxylic acid groups (broad SMARTS) is 1. The van der Waals surface area contributed by atoms with Crippen LogP contribution in [-0.4, -0.2) is 22.0 Å². The van der Waals surface area contributed by atoms with E-state index in [1.165, 1.54) is 29.2 Å². The summed E-state index contributed by atoms with van der Waals surface area (Å²) >= 11 is 3.04. The standard InChI is InChI=1S/C16H18N2O3S2/c1-9-6-13(23-15(9)10(2)7-14(20)21)5-4-12-8-22-16(18-12)17-11(3)19/h6-8H,4-5H2,1-3H3,(H,20,21)(H,17,18,19)/b10-7+. The smallest absolute Gasteiger partial charge is 0.328 e. The van der Waals surface area contributed by atoms with Crippen LogP contribution in [0.3, 0.4) is 0 Å². The number of amides is 1. The van der Waals surface area contributed by atoms with Crippen LogP contribution in [0.25, 0.3) is 5.57 Å². The molecule has 2 aromatic heterocycles. The first-order chi connectivity index (χ1) is 10.8. The second-order valence-electron chi connectivity index (χ2n) is 5.22. The number of anilines is 1. The summed E-state index contributed by atoms with van der Waals surface area (Å²) in [6.45, 7) is 5.27. The number of nitrogens with zero attached hydrogens (tertiary/aromatic N) is 1. The van der Waals surface area contributed by atoms with E-state index in [0.717, 1.165) is 34.5 Å². The van der Waals surface area contributed by atoms with Crippen LogP contribution >= 0.6 is 22.7 Å². The van der Waals surface area contributed by atoms with Crippen LogP contribution in [0.5, 0.6) is 0 Å². The van der Waals surface area contributed by atoms with Gasteiger partial charge in [0, 0.05) is 28.1 Å². The van der Waals surface area contributed by atoms with E-state index in [9.17, 15) is 9.59 Å². The van der Waals surface area contributed by atoms with Crippen molar-refractivity contribution in [3.63, 3.8) is 0 Å². The molecule has 2 heterocycles. The normalized spacial score (nSPS) is 11.5. The first-order valence-corrected chi connectivity index (χ1v) is 8.77. The molecule has 0 unspecified atom stereocenters. The fourth-order valence-electron chi connectivity index (χ4n) is 2.19. The van der Waals surface area contributed by atoms with Crippen LogP contribution in [0, 0.1) is 6.92 Å². The van der Waals surface area contributed by atoms with Gasteiger partial charge in [-0.2, -0.15) is 0 Å².